The fraction of sp³-hybridized carbons (Fsp3) is 0.267. The summed E-state index contributed by atoms with van der Waals surface area (Å²) < 4.78 is 9.62. The third-order valence-corrected chi connectivity index (χ3v) is 5.33. The molecule has 1 aromatic heterocycles. The number of aliphatic carboxylic acids is 1. The van der Waals surface area contributed by atoms with Gasteiger partial charge in [0.2, 0.25) is 5.71 Å². The summed E-state index contributed by atoms with van der Waals surface area (Å²) in [7, 11) is 0. The fourth-order valence-corrected chi connectivity index (χ4v) is 4.11. The number of rotatable bonds is 6. The van der Waals surface area contributed by atoms with E-state index in [9.17, 15) is 24.3 Å². The van der Waals surface area contributed by atoms with Gasteiger partial charge in [0.1, 0.15) is 23.7 Å². The summed E-state index contributed by atoms with van der Waals surface area (Å²) in [4.78, 5) is 48.1. The number of carboxylic acid groups (broad SMARTS) is 1. The van der Waals surface area contributed by atoms with Crippen molar-refractivity contribution in [1.29, 1.82) is 0 Å². The van der Waals surface area contributed by atoms with Crippen LogP contribution in [0.2, 0.25) is 0 Å². The number of oxime groups is 1. The van der Waals surface area contributed by atoms with Gasteiger partial charge >= 0.3 is 12.1 Å². The Morgan fingerprint density at radius 1 is 1.46 bits per heavy atom. The molecule has 0 bridgehead atoms. The Balaban J connectivity index is 1.76. The predicted molar refractivity (Wildman–Crippen MR) is 92.3 cm³/mol. The van der Waals surface area contributed by atoms with Gasteiger partial charge in [0, 0.05) is 11.3 Å². The first-order valence-electron chi connectivity index (χ1n) is 7.74. The van der Waals surface area contributed by atoms with E-state index in [2.05, 4.69) is 15.2 Å². The minimum Gasteiger partial charge on any atom is -0.477 e. The molecule has 2 aliphatic rings. The van der Waals surface area contributed by atoms with Crippen LogP contribution in [0.3, 0.4) is 0 Å². The molecule has 3 heterocycles. The number of hydrogen-bond donors (Lipinski definition) is 4. The van der Waals surface area contributed by atoms with Crippen LogP contribution in [-0.2, 0) is 19.1 Å². The lowest BCUT2D eigenvalue weighted by Gasteiger charge is -2.49. The molecule has 1 saturated heterocycles. The van der Waals surface area contributed by atoms with E-state index >= 15 is 0 Å². The van der Waals surface area contributed by atoms with Crippen LogP contribution < -0.4 is 11.1 Å². The van der Waals surface area contributed by atoms with Crippen LogP contribution in [0.15, 0.2) is 39.2 Å². The number of carboxylic acids is 1. The number of furan rings is 1. The van der Waals surface area contributed by atoms with Gasteiger partial charge in [-0.25, -0.2) is 9.59 Å². The normalized spacial score (nSPS) is 21.6. The minimum absolute atomic E-state index is 0.00284. The van der Waals surface area contributed by atoms with Crippen molar-refractivity contribution in [3.8, 4) is 0 Å². The van der Waals surface area contributed by atoms with E-state index in [-0.39, 0.29) is 29.4 Å². The summed E-state index contributed by atoms with van der Waals surface area (Å²) in [6.07, 6.45) is 0.207. The van der Waals surface area contributed by atoms with Gasteiger partial charge in [-0.2, -0.15) is 0 Å². The van der Waals surface area contributed by atoms with Crippen molar-refractivity contribution in [2.24, 2.45) is 10.9 Å². The maximum absolute atomic E-state index is 12.5. The summed E-state index contributed by atoms with van der Waals surface area (Å²) in [5.74, 6) is -2.76. The van der Waals surface area contributed by atoms with Crippen LogP contribution in [0.25, 0.3) is 0 Å². The summed E-state index contributed by atoms with van der Waals surface area (Å²) in [6.45, 7) is -0.364. The first-order valence-corrected chi connectivity index (χ1v) is 8.79. The van der Waals surface area contributed by atoms with Crippen LogP contribution >= 0.6 is 11.8 Å². The number of primary amides is 1. The van der Waals surface area contributed by atoms with Gasteiger partial charge in [-0.1, -0.05) is 5.16 Å². The number of nitrogens with one attached hydrogen (secondary N) is 1. The van der Waals surface area contributed by atoms with Crippen molar-refractivity contribution < 1.29 is 38.6 Å². The van der Waals surface area contributed by atoms with Gasteiger partial charge < -0.3 is 30.5 Å². The van der Waals surface area contributed by atoms with E-state index in [4.69, 9.17) is 15.4 Å². The zero-order valence-electron chi connectivity index (χ0n) is 14.0. The number of nitrogens with two attached hydrogens (primary N) is 1. The maximum atomic E-state index is 12.5. The first-order chi connectivity index (χ1) is 13.3. The standard InChI is InChI=1S/C15H14N4O8S/c16-15(24)27-4-6-5-28-13-9(12(21)19(13)10(6)14(22)23)17-11(20)8(18-25)7-2-1-3-26-7/h1-3,9,13,25H,4-5H2,(H2,16,24)(H,17,20)(H,22,23)/t9-,13-/m1/s1. The van der Waals surface area contributed by atoms with Gasteiger partial charge in [0.05, 0.1) is 6.26 Å². The Morgan fingerprint density at radius 3 is 2.79 bits per heavy atom. The molecule has 148 valence electrons. The van der Waals surface area contributed by atoms with Crippen molar-refractivity contribution in [2.75, 3.05) is 12.4 Å². The van der Waals surface area contributed by atoms with Gasteiger partial charge in [-0.15, -0.1) is 11.8 Å². The van der Waals surface area contributed by atoms with E-state index < -0.39 is 41.0 Å². The molecule has 0 aromatic carbocycles. The van der Waals surface area contributed by atoms with Crippen molar-refractivity contribution in [2.45, 2.75) is 11.4 Å². The zero-order chi connectivity index (χ0) is 20.4. The highest BCUT2D eigenvalue weighted by molar-refractivity contribution is 8.00. The van der Waals surface area contributed by atoms with E-state index in [1.165, 1.54) is 30.2 Å². The monoisotopic (exact) mass is 410 g/mol. The average molecular weight is 410 g/mol. The number of hydrogen-bond acceptors (Lipinski definition) is 9. The maximum Gasteiger partial charge on any atom is 0.404 e. The second-order valence-corrected chi connectivity index (χ2v) is 6.76. The quantitative estimate of drug-likeness (QED) is 0.203. The highest BCUT2D eigenvalue weighted by Crippen LogP contribution is 2.40. The highest BCUT2D eigenvalue weighted by Gasteiger charge is 2.54. The smallest absolute Gasteiger partial charge is 0.404 e. The second-order valence-electron chi connectivity index (χ2n) is 5.65. The minimum atomic E-state index is -1.38. The summed E-state index contributed by atoms with van der Waals surface area (Å²) in [5, 5.41) is 23.1. The lowest BCUT2D eigenvalue weighted by molar-refractivity contribution is -0.150. The molecule has 2 atom stereocenters. The number of β-lactam (4-membered cyclic amide) rings is 1. The Labute approximate surface area is 161 Å². The third-order valence-electron chi connectivity index (χ3n) is 3.99. The Hall–Kier alpha value is -3.48. The molecule has 1 aromatic rings. The van der Waals surface area contributed by atoms with Crippen molar-refractivity contribution >= 4 is 41.4 Å². The molecule has 1 fully saturated rings. The lowest BCUT2D eigenvalue weighted by Crippen LogP contribution is -2.71. The molecule has 13 heteroatoms. The zero-order valence-corrected chi connectivity index (χ0v) is 14.8. The van der Waals surface area contributed by atoms with Gasteiger partial charge in [-0.05, 0) is 12.1 Å². The highest BCUT2D eigenvalue weighted by atomic mass is 32.2. The largest absolute Gasteiger partial charge is 0.477 e. The number of carbonyl (C=O) groups is 4. The SMILES string of the molecule is NC(=O)OCC1=C(C(=O)O)N2C(=O)[C@@H](NC(=O)C(=NO)c3ccco3)[C@H]2SC1. The van der Waals surface area contributed by atoms with E-state index in [1.54, 1.807) is 0 Å². The molecule has 3 rings (SSSR count). The molecule has 3 amide bonds. The second kappa shape index (κ2) is 7.64. The number of nitrogens with zero attached hydrogens (tertiary/aromatic N) is 2. The molecular formula is C15H14N4O8S. The number of carbonyl (C=O) groups excluding carboxylic acids is 3. The van der Waals surface area contributed by atoms with Crippen molar-refractivity contribution in [1.82, 2.24) is 10.2 Å². The Morgan fingerprint density at radius 2 is 2.21 bits per heavy atom. The van der Waals surface area contributed by atoms with Crippen molar-refractivity contribution in [3.63, 3.8) is 0 Å². The number of thioether (sulfide) groups is 1. The van der Waals surface area contributed by atoms with E-state index in [1.807, 2.05) is 0 Å². The van der Waals surface area contributed by atoms with E-state index in [0.29, 0.717) is 0 Å². The summed E-state index contributed by atoms with van der Waals surface area (Å²) in [6, 6.07) is 1.85. The van der Waals surface area contributed by atoms with Crippen LogP contribution in [0, 0.1) is 0 Å². The van der Waals surface area contributed by atoms with Gasteiger partial charge in [0.15, 0.2) is 5.76 Å². The van der Waals surface area contributed by atoms with Gasteiger partial charge in [0.25, 0.3) is 11.8 Å². The molecule has 2 aliphatic heterocycles. The van der Waals surface area contributed by atoms with Crippen LogP contribution in [0.1, 0.15) is 5.76 Å². The summed E-state index contributed by atoms with van der Waals surface area (Å²) >= 11 is 1.18. The van der Waals surface area contributed by atoms with Crippen LogP contribution in [-0.4, -0.2) is 68.6 Å². The Kier molecular flexibility index (Phi) is 5.26. The average Bonchev–Trinajstić information content (AvgIpc) is 3.18. The molecule has 0 aliphatic carbocycles. The molecule has 28 heavy (non-hydrogen) atoms. The molecule has 5 N–H and O–H groups in total. The van der Waals surface area contributed by atoms with E-state index in [0.717, 1.165) is 4.90 Å². The molecule has 0 spiro atoms. The number of ether oxygens (including phenoxy) is 1. The Bertz CT molecular complexity index is 894. The predicted octanol–water partition coefficient (Wildman–Crippen LogP) is -0.708. The van der Waals surface area contributed by atoms with Crippen LogP contribution in [0.4, 0.5) is 4.79 Å². The van der Waals surface area contributed by atoms with Crippen LogP contribution in [0.5, 0.6) is 0 Å². The van der Waals surface area contributed by atoms with Gasteiger partial charge in [-0.3, -0.25) is 14.5 Å². The summed E-state index contributed by atoms with van der Waals surface area (Å²) in [5.41, 5.74) is 4.35. The number of fused-ring (bicyclic) bond motifs is 1. The molecule has 0 saturated carbocycles. The third kappa shape index (κ3) is 3.38. The lowest BCUT2D eigenvalue weighted by atomic mass is 10.0. The molecule has 12 nitrogen and oxygen atoms in total. The fourth-order valence-electron chi connectivity index (χ4n) is 2.78. The molecule has 0 radical (unpaired) electrons. The number of amides is 3. The van der Waals surface area contributed by atoms with Crippen molar-refractivity contribution in [3.05, 3.63) is 35.4 Å². The first kappa shape index (κ1) is 19.3. The topological polar surface area (TPSA) is 185 Å². The molecule has 0 unspecified atom stereocenters. The molecular weight excluding hydrogens is 396 g/mol.